The third-order valence-corrected chi connectivity index (χ3v) is 7.28. The molecular weight excluding hydrogens is 502 g/mol. The fourth-order valence-electron chi connectivity index (χ4n) is 4.40. The number of hydrogen-bond donors (Lipinski definition) is 0. The first-order chi connectivity index (χ1) is 18.5. The van der Waals surface area contributed by atoms with Crippen LogP contribution in [0, 0.1) is 0 Å². The second-order valence-electron chi connectivity index (χ2n) is 8.92. The summed E-state index contributed by atoms with van der Waals surface area (Å²) < 4.78 is 16.6. The number of esters is 1. The van der Waals surface area contributed by atoms with Crippen LogP contribution in [-0.4, -0.2) is 79.9 Å². The molecule has 3 aromatic rings. The van der Waals surface area contributed by atoms with Crippen molar-refractivity contribution in [1.29, 1.82) is 0 Å². The topological polar surface area (TPSA) is 81.2 Å². The molecule has 0 spiro atoms. The van der Waals surface area contributed by atoms with E-state index in [2.05, 4.69) is 9.88 Å². The van der Waals surface area contributed by atoms with Crippen LogP contribution < -0.4 is 4.74 Å². The van der Waals surface area contributed by atoms with Gasteiger partial charge in [0.2, 0.25) is 0 Å². The highest BCUT2D eigenvalue weighted by Gasteiger charge is 2.26. The number of hydrogen-bond acceptors (Lipinski definition) is 8. The summed E-state index contributed by atoms with van der Waals surface area (Å²) in [5, 5.41) is 0.756. The summed E-state index contributed by atoms with van der Waals surface area (Å²) in [6, 6.07) is 18.8. The molecule has 2 heterocycles. The van der Waals surface area contributed by atoms with Gasteiger partial charge in [0.25, 0.3) is 5.91 Å². The SMILES string of the molecule is COC(=O)c1ccc(CO[C@H](CN2CCN(C(=O)c3cccnc3SC)CC2)c2cccc(OC)c2)cc1. The Bertz CT molecular complexity index is 1230. The van der Waals surface area contributed by atoms with Crippen molar-refractivity contribution in [2.75, 3.05) is 53.2 Å². The van der Waals surface area contributed by atoms with Crippen LogP contribution in [-0.2, 0) is 16.1 Å². The Kier molecular flexibility index (Phi) is 9.75. The van der Waals surface area contributed by atoms with E-state index in [0.717, 1.165) is 35.0 Å². The average molecular weight is 536 g/mol. The molecule has 0 aliphatic carbocycles. The zero-order valence-corrected chi connectivity index (χ0v) is 22.8. The molecule has 0 N–H and O–H groups in total. The average Bonchev–Trinajstić information content (AvgIpc) is 2.99. The van der Waals surface area contributed by atoms with Crippen molar-refractivity contribution in [3.8, 4) is 5.75 Å². The third-order valence-electron chi connectivity index (χ3n) is 6.57. The van der Waals surface area contributed by atoms with Gasteiger partial charge < -0.3 is 19.1 Å². The lowest BCUT2D eigenvalue weighted by Gasteiger charge is -2.36. The summed E-state index contributed by atoms with van der Waals surface area (Å²) in [6.45, 7) is 3.85. The quantitative estimate of drug-likeness (QED) is 0.281. The smallest absolute Gasteiger partial charge is 0.337 e. The molecule has 0 unspecified atom stereocenters. The number of benzene rings is 2. The number of nitrogens with zero attached hydrogens (tertiary/aromatic N) is 3. The van der Waals surface area contributed by atoms with Gasteiger partial charge in [-0.2, -0.15) is 0 Å². The van der Waals surface area contributed by atoms with Crippen LogP contribution in [0.2, 0.25) is 0 Å². The number of piperazine rings is 1. The number of rotatable bonds is 10. The second-order valence-corrected chi connectivity index (χ2v) is 9.71. The molecule has 1 saturated heterocycles. The number of ether oxygens (including phenoxy) is 3. The number of methoxy groups -OCH3 is 2. The molecule has 0 saturated carbocycles. The molecule has 8 nitrogen and oxygen atoms in total. The Labute approximate surface area is 227 Å². The number of aromatic nitrogens is 1. The Morgan fingerprint density at radius 3 is 2.45 bits per heavy atom. The van der Waals surface area contributed by atoms with Crippen molar-refractivity contribution in [1.82, 2.24) is 14.8 Å². The Hall–Kier alpha value is -3.40. The lowest BCUT2D eigenvalue weighted by molar-refractivity contribution is 0.00327. The molecule has 1 atom stereocenters. The summed E-state index contributed by atoms with van der Waals surface area (Å²) >= 11 is 1.49. The zero-order chi connectivity index (χ0) is 26.9. The molecule has 1 fully saturated rings. The van der Waals surface area contributed by atoms with E-state index in [1.807, 2.05) is 59.7 Å². The van der Waals surface area contributed by atoms with E-state index < -0.39 is 0 Å². The first-order valence-corrected chi connectivity index (χ1v) is 13.7. The summed E-state index contributed by atoms with van der Waals surface area (Å²) in [5.41, 5.74) is 3.14. The predicted molar refractivity (Wildman–Crippen MR) is 147 cm³/mol. The fraction of sp³-hybridized carbons (Fsp3) is 0.345. The molecule has 200 valence electrons. The lowest BCUT2D eigenvalue weighted by Crippen LogP contribution is -2.49. The van der Waals surface area contributed by atoms with Gasteiger partial charge in [0.05, 0.1) is 38.1 Å². The molecule has 9 heteroatoms. The monoisotopic (exact) mass is 535 g/mol. The van der Waals surface area contributed by atoms with Crippen molar-refractivity contribution in [2.24, 2.45) is 0 Å². The molecular formula is C29H33N3O5S. The predicted octanol–water partition coefficient (Wildman–Crippen LogP) is 4.31. The number of pyridine rings is 1. The maximum absolute atomic E-state index is 13.1. The molecule has 1 aliphatic heterocycles. The number of amides is 1. The summed E-state index contributed by atoms with van der Waals surface area (Å²) in [6.07, 6.45) is 3.45. The van der Waals surface area contributed by atoms with Gasteiger partial charge in [-0.3, -0.25) is 9.69 Å². The molecule has 0 radical (unpaired) electrons. The molecule has 4 rings (SSSR count). The van der Waals surface area contributed by atoms with E-state index in [4.69, 9.17) is 14.2 Å². The maximum atomic E-state index is 13.1. The standard InChI is InChI=1S/C29H33N3O5S/c1-35-24-7-4-6-23(18-24)26(37-20-21-9-11-22(12-10-21)29(34)36-2)19-31-14-16-32(17-15-31)28(33)25-8-5-13-30-27(25)38-3/h4-13,18,26H,14-17,19-20H2,1-3H3/t26-/m1/s1. The zero-order valence-electron chi connectivity index (χ0n) is 22.0. The van der Waals surface area contributed by atoms with Gasteiger partial charge in [0, 0.05) is 38.9 Å². The van der Waals surface area contributed by atoms with Crippen molar-refractivity contribution < 1.29 is 23.8 Å². The second kappa shape index (κ2) is 13.4. The summed E-state index contributed by atoms with van der Waals surface area (Å²) in [4.78, 5) is 33.4. The van der Waals surface area contributed by atoms with Crippen LogP contribution in [0.1, 0.15) is 37.9 Å². The van der Waals surface area contributed by atoms with Crippen molar-refractivity contribution >= 4 is 23.6 Å². The summed E-state index contributed by atoms with van der Waals surface area (Å²) in [7, 11) is 3.02. The fourth-order valence-corrected chi connectivity index (χ4v) is 4.94. The summed E-state index contributed by atoms with van der Waals surface area (Å²) in [5.74, 6) is 0.436. The van der Waals surface area contributed by atoms with Crippen LogP contribution in [0.15, 0.2) is 71.9 Å². The van der Waals surface area contributed by atoms with E-state index in [1.54, 1.807) is 25.4 Å². The Morgan fingerprint density at radius 2 is 1.76 bits per heavy atom. The van der Waals surface area contributed by atoms with E-state index in [9.17, 15) is 9.59 Å². The van der Waals surface area contributed by atoms with Gasteiger partial charge in [0.1, 0.15) is 10.8 Å². The third kappa shape index (κ3) is 6.92. The number of thioether (sulfide) groups is 1. The first-order valence-electron chi connectivity index (χ1n) is 12.5. The van der Waals surface area contributed by atoms with E-state index in [0.29, 0.717) is 37.4 Å². The van der Waals surface area contributed by atoms with E-state index in [-0.39, 0.29) is 18.0 Å². The molecule has 1 aromatic heterocycles. The number of carbonyl (C=O) groups is 2. The Balaban J connectivity index is 1.41. The van der Waals surface area contributed by atoms with Gasteiger partial charge in [-0.25, -0.2) is 9.78 Å². The van der Waals surface area contributed by atoms with E-state index >= 15 is 0 Å². The van der Waals surface area contributed by atoms with Crippen molar-refractivity contribution in [2.45, 2.75) is 17.7 Å². The number of carbonyl (C=O) groups excluding carboxylic acids is 2. The van der Waals surface area contributed by atoms with Gasteiger partial charge in [-0.1, -0.05) is 24.3 Å². The minimum absolute atomic E-state index is 0.0260. The van der Waals surface area contributed by atoms with Gasteiger partial charge >= 0.3 is 5.97 Å². The largest absolute Gasteiger partial charge is 0.497 e. The van der Waals surface area contributed by atoms with Gasteiger partial charge in [-0.15, -0.1) is 11.8 Å². The molecule has 0 bridgehead atoms. The molecule has 1 aliphatic rings. The lowest BCUT2D eigenvalue weighted by atomic mass is 10.1. The Morgan fingerprint density at radius 1 is 1.00 bits per heavy atom. The van der Waals surface area contributed by atoms with Crippen molar-refractivity contribution in [3.05, 3.63) is 89.1 Å². The van der Waals surface area contributed by atoms with Crippen molar-refractivity contribution in [3.63, 3.8) is 0 Å². The highest BCUT2D eigenvalue weighted by Crippen LogP contribution is 2.26. The van der Waals surface area contributed by atoms with Crippen LogP contribution in [0.3, 0.4) is 0 Å². The van der Waals surface area contributed by atoms with Crippen LogP contribution in [0.25, 0.3) is 0 Å². The molecule has 38 heavy (non-hydrogen) atoms. The van der Waals surface area contributed by atoms with Gasteiger partial charge in [0.15, 0.2) is 0 Å². The minimum atomic E-state index is -0.363. The normalized spacial score (nSPS) is 14.7. The van der Waals surface area contributed by atoms with Crippen LogP contribution in [0.5, 0.6) is 5.75 Å². The molecule has 2 aromatic carbocycles. The van der Waals surface area contributed by atoms with Crippen LogP contribution >= 0.6 is 11.8 Å². The minimum Gasteiger partial charge on any atom is -0.497 e. The van der Waals surface area contributed by atoms with E-state index in [1.165, 1.54) is 18.9 Å². The highest BCUT2D eigenvalue weighted by atomic mass is 32.2. The highest BCUT2D eigenvalue weighted by molar-refractivity contribution is 7.98. The first kappa shape index (κ1) is 27.6. The van der Waals surface area contributed by atoms with Gasteiger partial charge in [-0.05, 0) is 53.8 Å². The molecule has 1 amide bonds. The van der Waals surface area contributed by atoms with Crippen LogP contribution in [0.4, 0.5) is 0 Å². The maximum Gasteiger partial charge on any atom is 0.337 e.